The molecule has 7 nitrogen and oxygen atoms in total. The van der Waals surface area contributed by atoms with Gasteiger partial charge in [0.1, 0.15) is 17.9 Å². The van der Waals surface area contributed by atoms with Gasteiger partial charge in [-0.1, -0.05) is 48.5 Å². The van der Waals surface area contributed by atoms with Gasteiger partial charge in [-0.15, -0.1) is 0 Å². The number of carboxylic acid groups (broad SMARTS) is 1. The van der Waals surface area contributed by atoms with Crippen LogP contribution in [0.1, 0.15) is 35.4 Å². The van der Waals surface area contributed by atoms with Gasteiger partial charge in [0.2, 0.25) is 0 Å². The molecule has 2 N–H and O–H groups in total. The van der Waals surface area contributed by atoms with Gasteiger partial charge in [-0.25, -0.2) is 4.79 Å². The SMILES string of the molecule is O=C(C[C@@H](CCc1cc(=O)oc2cc(O)ccc12)C(=O)O)OCC1c2ccccc2-c2ccccc21. The second-order valence-electron chi connectivity index (χ2n) is 8.96. The van der Waals surface area contributed by atoms with E-state index >= 15 is 0 Å². The van der Waals surface area contributed by atoms with E-state index in [9.17, 15) is 24.6 Å². The van der Waals surface area contributed by atoms with Crippen molar-refractivity contribution in [2.24, 2.45) is 5.92 Å². The molecule has 0 fully saturated rings. The molecule has 0 radical (unpaired) electrons. The molecular formula is C29H24O7. The largest absolute Gasteiger partial charge is 0.508 e. The van der Waals surface area contributed by atoms with E-state index in [4.69, 9.17) is 9.15 Å². The van der Waals surface area contributed by atoms with Gasteiger partial charge in [0.25, 0.3) is 0 Å². The zero-order valence-electron chi connectivity index (χ0n) is 19.3. The van der Waals surface area contributed by atoms with Gasteiger partial charge in [0, 0.05) is 23.4 Å². The number of carbonyl (C=O) groups is 2. The molecule has 1 heterocycles. The van der Waals surface area contributed by atoms with Gasteiger partial charge in [0.05, 0.1) is 12.3 Å². The van der Waals surface area contributed by atoms with E-state index in [-0.39, 0.29) is 43.1 Å². The fourth-order valence-electron chi connectivity index (χ4n) is 4.94. The summed E-state index contributed by atoms with van der Waals surface area (Å²) >= 11 is 0. The first kappa shape index (κ1) is 23.4. The molecule has 0 aliphatic heterocycles. The number of benzene rings is 3. The van der Waals surface area contributed by atoms with Crippen molar-refractivity contribution in [1.82, 2.24) is 0 Å². The first-order chi connectivity index (χ1) is 17.4. The van der Waals surface area contributed by atoms with Gasteiger partial charge < -0.3 is 19.4 Å². The minimum atomic E-state index is -1.10. The third-order valence-electron chi connectivity index (χ3n) is 6.71. The van der Waals surface area contributed by atoms with E-state index in [1.165, 1.54) is 18.2 Å². The number of aromatic hydroxyl groups is 1. The van der Waals surface area contributed by atoms with Crippen LogP contribution in [-0.4, -0.2) is 28.8 Å². The molecule has 1 aliphatic rings. The van der Waals surface area contributed by atoms with Crippen molar-refractivity contribution in [3.8, 4) is 16.9 Å². The second-order valence-corrected chi connectivity index (χ2v) is 8.96. The minimum absolute atomic E-state index is 0.0403. The quantitative estimate of drug-likeness (QED) is 0.271. The van der Waals surface area contributed by atoms with Crippen LogP contribution in [0.3, 0.4) is 0 Å². The maximum Gasteiger partial charge on any atom is 0.336 e. The Bertz CT molecular complexity index is 1470. The van der Waals surface area contributed by atoms with Crippen LogP contribution in [0.5, 0.6) is 5.75 Å². The fourth-order valence-corrected chi connectivity index (χ4v) is 4.94. The number of aryl methyl sites for hydroxylation is 1. The molecule has 0 saturated heterocycles. The Hall–Kier alpha value is -4.39. The lowest BCUT2D eigenvalue weighted by atomic mass is 9.95. The second kappa shape index (κ2) is 9.70. The van der Waals surface area contributed by atoms with E-state index in [1.54, 1.807) is 6.07 Å². The highest BCUT2D eigenvalue weighted by Crippen LogP contribution is 2.44. The van der Waals surface area contributed by atoms with Crippen LogP contribution < -0.4 is 5.63 Å². The summed E-state index contributed by atoms with van der Waals surface area (Å²) in [6.07, 6.45) is 0.116. The summed E-state index contributed by atoms with van der Waals surface area (Å²) in [4.78, 5) is 36.5. The summed E-state index contributed by atoms with van der Waals surface area (Å²) in [5, 5.41) is 20.0. The van der Waals surface area contributed by atoms with E-state index < -0.39 is 23.5 Å². The number of hydrogen-bond acceptors (Lipinski definition) is 6. The molecule has 7 heteroatoms. The van der Waals surface area contributed by atoms with Crippen LogP contribution in [0.25, 0.3) is 22.1 Å². The van der Waals surface area contributed by atoms with Crippen LogP contribution in [0, 0.1) is 5.92 Å². The molecule has 0 amide bonds. The van der Waals surface area contributed by atoms with Crippen LogP contribution in [-0.2, 0) is 20.7 Å². The summed E-state index contributed by atoms with van der Waals surface area (Å²) in [5.41, 5.74) is 4.63. The molecular weight excluding hydrogens is 460 g/mol. The molecule has 0 bridgehead atoms. The molecule has 3 aromatic carbocycles. The average Bonchev–Trinajstić information content (AvgIpc) is 3.18. The van der Waals surface area contributed by atoms with E-state index in [2.05, 4.69) is 0 Å². The number of rotatable bonds is 8. The van der Waals surface area contributed by atoms with Crippen molar-refractivity contribution >= 4 is 22.9 Å². The highest BCUT2D eigenvalue weighted by atomic mass is 16.5. The third kappa shape index (κ3) is 4.60. The Morgan fingerprint density at radius 2 is 1.61 bits per heavy atom. The normalized spacial score (nSPS) is 13.2. The van der Waals surface area contributed by atoms with Gasteiger partial charge in [-0.3, -0.25) is 9.59 Å². The zero-order valence-corrected chi connectivity index (χ0v) is 19.3. The molecule has 1 aromatic heterocycles. The Morgan fingerprint density at radius 1 is 0.944 bits per heavy atom. The number of hydrogen-bond donors (Lipinski definition) is 2. The van der Waals surface area contributed by atoms with Gasteiger partial charge in [-0.2, -0.15) is 0 Å². The number of aliphatic carboxylic acids is 1. The van der Waals surface area contributed by atoms with Crippen LogP contribution in [0.15, 0.2) is 82.0 Å². The first-order valence-electron chi connectivity index (χ1n) is 11.7. The molecule has 4 aromatic rings. The topological polar surface area (TPSA) is 114 Å². The third-order valence-corrected chi connectivity index (χ3v) is 6.71. The predicted molar refractivity (Wildman–Crippen MR) is 133 cm³/mol. The lowest BCUT2D eigenvalue weighted by molar-refractivity contribution is -0.152. The Labute approximate surface area is 206 Å². The summed E-state index contributed by atoms with van der Waals surface area (Å²) in [7, 11) is 0. The maximum atomic E-state index is 12.7. The minimum Gasteiger partial charge on any atom is -0.508 e. The van der Waals surface area contributed by atoms with E-state index in [0.717, 1.165) is 22.3 Å². The molecule has 1 aliphatic carbocycles. The van der Waals surface area contributed by atoms with Crippen molar-refractivity contribution in [3.05, 3.63) is 99.9 Å². The van der Waals surface area contributed by atoms with Gasteiger partial charge in [-0.05, 0) is 52.8 Å². The average molecular weight is 485 g/mol. The van der Waals surface area contributed by atoms with Crippen molar-refractivity contribution in [2.45, 2.75) is 25.2 Å². The number of carbonyl (C=O) groups excluding carboxylic acids is 1. The smallest absolute Gasteiger partial charge is 0.336 e. The number of phenols is 1. The van der Waals surface area contributed by atoms with Crippen LogP contribution >= 0.6 is 0 Å². The number of ether oxygens (including phenoxy) is 1. The number of carboxylic acids is 1. The summed E-state index contributed by atoms with van der Waals surface area (Å²) < 4.78 is 10.7. The number of esters is 1. The zero-order chi connectivity index (χ0) is 25.2. The first-order valence-corrected chi connectivity index (χ1v) is 11.7. The van der Waals surface area contributed by atoms with Gasteiger partial charge in [0.15, 0.2) is 0 Å². The van der Waals surface area contributed by atoms with Gasteiger partial charge >= 0.3 is 17.6 Å². The van der Waals surface area contributed by atoms with Crippen molar-refractivity contribution in [3.63, 3.8) is 0 Å². The Balaban J connectivity index is 1.26. The highest BCUT2D eigenvalue weighted by Gasteiger charge is 2.30. The van der Waals surface area contributed by atoms with E-state index in [1.807, 2.05) is 48.5 Å². The molecule has 182 valence electrons. The lowest BCUT2D eigenvalue weighted by Crippen LogP contribution is -2.21. The Morgan fingerprint density at radius 3 is 2.28 bits per heavy atom. The molecule has 0 spiro atoms. The molecule has 5 rings (SSSR count). The molecule has 0 saturated carbocycles. The molecule has 1 atom stereocenters. The van der Waals surface area contributed by atoms with Crippen LogP contribution in [0.4, 0.5) is 0 Å². The summed E-state index contributed by atoms with van der Waals surface area (Å²) in [6.45, 7) is 0.132. The van der Waals surface area contributed by atoms with Crippen molar-refractivity contribution in [1.29, 1.82) is 0 Å². The highest BCUT2D eigenvalue weighted by molar-refractivity contribution is 5.82. The fraction of sp³-hybridized carbons (Fsp3) is 0.207. The summed E-state index contributed by atoms with van der Waals surface area (Å²) in [5.74, 6) is -2.79. The van der Waals surface area contributed by atoms with Crippen LogP contribution in [0.2, 0.25) is 0 Å². The van der Waals surface area contributed by atoms with Crippen molar-refractivity contribution in [2.75, 3.05) is 6.61 Å². The number of phenolic OH excluding ortho intramolecular Hbond substituents is 1. The Kier molecular flexibility index (Phi) is 6.29. The van der Waals surface area contributed by atoms with E-state index in [0.29, 0.717) is 10.9 Å². The molecule has 0 unspecified atom stereocenters. The standard InChI is InChI=1S/C29H24O7/c30-19-11-12-20-17(13-28(32)36-26(20)15-19)9-10-18(29(33)34)14-27(31)35-16-25-23-7-3-1-5-21(23)22-6-2-4-8-24(22)25/h1-8,11-13,15,18,25,30H,9-10,14,16H2,(H,33,34)/t18-/m1/s1. The summed E-state index contributed by atoms with van der Waals surface area (Å²) in [6, 6.07) is 21.7. The predicted octanol–water partition coefficient (Wildman–Crippen LogP) is 4.88. The lowest BCUT2D eigenvalue weighted by Gasteiger charge is -2.16. The maximum absolute atomic E-state index is 12.7. The molecule has 36 heavy (non-hydrogen) atoms. The number of fused-ring (bicyclic) bond motifs is 4. The monoisotopic (exact) mass is 484 g/mol. The van der Waals surface area contributed by atoms with Crippen molar-refractivity contribution < 1.29 is 29.0 Å².